The van der Waals surface area contributed by atoms with E-state index in [1.807, 2.05) is 44.2 Å². The van der Waals surface area contributed by atoms with E-state index in [-0.39, 0.29) is 37.1 Å². The largest absolute Gasteiger partial charge is 0.467 e. The first-order valence-corrected chi connectivity index (χ1v) is 8.15. The van der Waals surface area contributed by atoms with Gasteiger partial charge in [-0.15, -0.1) is 0 Å². The molecule has 2 amide bonds. The van der Waals surface area contributed by atoms with Crippen molar-refractivity contribution in [1.82, 2.24) is 10.6 Å². The van der Waals surface area contributed by atoms with Gasteiger partial charge in [-0.2, -0.15) is 0 Å². The van der Waals surface area contributed by atoms with E-state index in [0.29, 0.717) is 0 Å². The van der Waals surface area contributed by atoms with Crippen molar-refractivity contribution < 1.29 is 19.1 Å². The number of nitrogens with one attached hydrogen (secondary N) is 2. The van der Waals surface area contributed by atoms with Crippen molar-refractivity contribution in [2.45, 2.75) is 39.2 Å². The van der Waals surface area contributed by atoms with Crippen molar-refractivity contribution >= 4 is 17.8 Å². The molecule has 2 N–H and O–H groups in total. The zero-order chi connectivity index (χ0) is 17.9. The summed E-state index contributed by atoms with van der Waals surface area (Å²) in [6, 6.07) is 8.72. The van der Waals surface area contributed by atoms with Crippen LogP contribution in [0.25, 0.3) is 0 Å². The average Bonchev–Trinajstić information content (AvgIpc) is 2.59. The summed E-state index contributed by atoms with van der Waals surface area (Å²) < 4.78 is 4.72. The van der Waals surface area contributed by atoms with Crippen LogP contribution in [0.15, 0.2) is 30.3 Å². The Bertz CT molecular complexity index is 545. The lowest BCUT2D eigenvalue weighted by Gasteiger charge is -2.21. The van der Waals surface area contributed by atoms with Gasteiger partial charge >= 0.3 is 5.97 Å². The first-order chi connectivity index (χ1) is 11.5. The summed E-state index contributed by atoms with van der Waals surface area (Å²) in [6.07, 6.45) is 1.14. The Hall–Kier alpha value is -2.37. The van der Waals surface area contributed by atoms with Crippen LogP contribution in [-0.2, 0) is 25.5 Å². The van der Waals surface area contributed by atoms with E-state index < -0.39 is 12.0 Å². The number of hydrogen-bond donors (Lipinski definition) is 2. The van der Waals surface area contributed by atoms with Gasteiger partial charge in [-0.1, -0.05) is 50.6 Å². The maximum Gasteiger partial charge on any atom is 0.328 e. The highest BCUT2D eigenvalue weighted by Gasteiger charge is 2.26. The molecule has 0 fully saturated rings. The lowest BCUT2D eigenvalue weighted by atomic mass is 9.99. The van der Waals surface area contributed by atoms with Crippen LogP contribution < -0.4 is 10.6 Å². The minimum absolute atomic E-state index is 0.0194. The van der Waals surface area contributed by atoms with Gasteiger partial charge in [0.05, 0.1) is 13.5 Å². The molecule has 0 bridgehead atoms. The molecule has 0 aliphatic heterocycles. The third-order valence-electron chi connectivity index (χ3n) is 3.87. The molecule has 0 aromatic heterocycles. The number of amides is 2. The van der Waals surface area contributed by atoms with Gasteiger partial charge in [0.1, 0.15) is 6.04 Å². The predicted molar refractivity (Wildman–Crippen MR) is 91.2 cm³/mol. The summed E-state index contributed by atoms with van der Waals surface area (Å²) in [7, 11) is 1.30. The van der Waals surface area contributed by atoms with E-state index >= 15 is 0 Å². The molecule has 0 unspecified atom stereocenters. The minimum Gasteiger partial charge on any atom is -0.467 e. The number of hydrogen-bond acceptors (Lipinski definition) is 4. The van der Waals surface area contributed by atoms with Gasteiger partial charge in [0, 0.05) is 13.0 Å². The van der Waals surface area contributed by atoms with Gasteiger partial charge in [-0.05, 0) is 11.5 Å². The molecule has 0 radical (unpaired) electrons. The number of carbonyl (C=O) groups excluding carboxylic acids is 3. The molecule has 0 aliphatic carbocycles. The first-order valence-electron chi connectivity index (χ1n) is 8.15. The SMILES string of the molecule is CC[C@@H](C)[C@H](NC(=O)CCNC(=O)Cc1ccccc1)C(=O)OC. The van der Waals surface area contributed by atoms with Crippen LogP contribution in [0, 0.1) is 5.92 Å². The molecule has 1 aromatic rings. The standard InChI is InChI=1S/C18H26N2O4/c1-4-13(2)17(18(23)24-3)20-15(21)10-11-19-16(22)12-14-8-6-5-7-9-14/h5-9,13,17H,4,10-12H2,1-3H3,(H,19,22)(H,20,21)/t13-,17+/m1/s1. The van der Waals surface area contributed by atoms with E-state index in [1.54, 1.807) is 0 Å². The molecule has 0 saturated carbocycles. The van der Waals surface area contributed by atoms with Gasteiger partial charge in [0.15, 0.2) is 0 Å². The Kier molecular flexibility index (Phi) is 8.54. The molecule has 2 atom stereocenters. The van der Waals surface area contributed by atoms with E-state index in [2.05, 4.69) is 10.6 Å². The van der Waals surface area contributed by atoms with Gasteiger partial charge < -0.3 is 15.4 Å². The van der Waals surface area contributed by atoms with Crippen molar-refractivity contribution in [3.63, 3.8) is 0 Å². The zero-order valence-corrected chi connectivity index (χ0v) is 14.5. The molecule has 6 heteroatoms. The van der Waals surface area contributed by atoms with Crippen LogP contribution in [0.5, 0.6) is 0 Å². The third-order valence-corrected chi connectivity index (χ3v) is 3.87. The summed E-state index contributed by atoms with van der Waals surface area (Å²) in [5.41, 5.74) is 0.918. The Morgan fingerprint density at radius 1 is 1.12 bits per heavy atom. The van der Waals surface area contributed by atoms with Gasteiger partial charge in [0.2, 0.25) is 11.8 Å². The van der Waals surface area contributed by atoms with E-state index in [9.17, 15) is 14.4 Å². The van der Waals surface area contributed by atoms with E-state index in [0.717, 1.165) is 12.0 Å². The molecule has 0 saturated heterocycles. The number of benzene rings is 1. The molecule has 0 heterocycles. The molecular formula is C18H26N2O4. The van der Waals surface area contributed by atoms with Crippen molar-refractivity contribution in [3.05, 3.63) is 35.9 Å². The van der Waals surface area contributed by atoms with Crippen LogP contribution in [0.2, 0.25) is 0 Å². The van der Waals surface area contributed by atoms with E-state index in [4.69, 9.17) is 4.74 Å². The van der Waals surface area contributed by atoms with Gasteiger partial charge in [-0.25, -0.2) is 4.79 Å². The normalized spacial score (nSPS) is 12.8. The number of carbonyl (C=O) groups is 3. The summed E-state index contributed by atoms with van der Waals surface area (Å²) in [5, 5.41) is 5.38. The lowest BCUT2D eigenvalue weighted by Crippen LogP contribution is -2.46. The zero-order valence-electron chi connectivity index (χ0n) is 14.5. The Labute approximate surface area is 143 Å². The number of esters is 1. The Morgan fingerprint density at radius 2 is 1.79 bits per heavy atom. The molecule has 1 aromatic carbocycles. The maximum atomic E-state index is 12.0. The van der Waals surface area contributed by atoms with Crippen LogP contribution in [-0.4, -0.2) is 37.5 Å². The average molecular weight is 334 g/mol. The fraction of sp³-hybridized carbons (Fsp3) is 0.500. The molecule has 1 rings (SSSR count). The smallest absolute Gasteiger partial charge is 0.328 e. The number of methoxy groups -OCH3 is 1. The molecule has 0 aliphatic rings. The Morgan fingerprint density at radius 3 is 2.38 bits per heavy atom. The monoisotopic (exact) mass is 334 g/mol. The second-order valence-electron chi connectivity index (χ2n) is 5.72. The predicted octanol–water partition coefficient (Wildman–Crippen LogP) is 1.44. The van der Waals surface area contributed by atoms with Crippen molar-refractivity contribution in [2.24, 2.45) is 5.92 Å². The van der Waals surface area contributed by atoms with Crippen LogP contribution in [0.3, 0.4) is 0 Å². The van der Waals surface area contributed by atoms with Crippen LogP contribution >= 0.6 is 0 Å². The summed E-state index contributed by atoms with van der Waals surface area (Å²) in [5.74, 6) is -0.897. The van der Waals surface area contributed by atoms with Crippen molar-refractivity contribution in [2.75, 3.05) is 13.7 Å². The number of ether oxygens (including phenoxy) is 1. The fourth-order valence-electron chi connectivity index (χ4n) is 2.20. The molecule has 132 valence electrons. The van der Waals surface area contributed by atoms with Crippen molar-refractivity contribution in [1.29, 1.82) is 0 Å². The molecular weight excluding hydrogens is 308 g/mol. The minimum atomic E-state index is -0.660. The quantitative estimate of drug-likeness (QED) is 0.669. The van der Waals surface area contributed by atoms with Gasteiger partial charge in [0.25, 0.3) is 0 Å². The third kappa shape index (κ3) is 6.81. The second kappa shape index (κ2) is 10.4. The van der Waals surface area contributed by atoms with Crippen LogP contribution in [0.1, 0.15) is 32.3 Å². The fourth-order valence-corrected chi connectivity index (χ4v) is 2.20. The summed E-state index contributed by atoms with van der Waals surface area (Å²) >= 11 is 0. The molecule has 24 heavy (non-hydrogen) atoms. The summed E-state index contributed by atoms with van der Waals surface area (Å²) in [6.45, 7) is 4.05. The lowest BCUT2D eigenvalue weighted by molar-refractivity contribution is -0.146. The topological polar surface area (TPSA) is 84.5 Å². The highest BCUT2D eigenvalue weighted by Crippen LogP contribution is 2.09. The van der Waals surface area contributed by atoms with Crippen LogP contribution in [0.4, 0.5) is 0 Å². The highest BCUT2D eigenvalue weighted by molar-refractivity contribution is 5.85. The Balaban J connectivity index is 2.36. The van der Waals surface area contributed by atoms with E-state index in [1.165, 1.54) is 7.11 Å². The first kappa shape index (κ1) is 19.7. The van der Waals surface area contributed by atoms with Crippen molar-refractivity contribution in [3.8, 4) is 0 Å². The maximum absolute atomic E-state index is 12.0. The number of rotatable bonds is 9. The summed E-state index contributed by atoms with van der Waals surface area (Å²) in [4.78, 5) is 35.5. The highest BCUT2D eigenvalue weighted by atomic mass is 16.5. The molecule has 0 spiro atoms. The van der Waals surface area contributed by atoms with Gasteiger partial charge in [-0.3, -0.25) is 9.59 Å². The second-order valence-corrected chi connectivity index (χ2v) is 5.72. The molecule has 6 nitrogen and oxygen atoms in total.